The first kappa shape index (κ1) is 9.10. The van der Waals surface area contributed by atoms with Gasteiger partial charge in [0.1, 0.15) is 0 Å². The maximum atomic E-state index is 3.60. The number of hydrogen-bond donors (Lipinski definition) is 0. The molecule has 0 aromatic carbocycles. The van der Waals surface area contributed by atoms with Gasteiger partial charge in [-0.1, -0.05) is 13.3 Å². The average molecular weight is 121 g/mol. The van der Waals surface area contributed by atoms with Crippen LogP contribution in [0.3, 0.4) is 0 Å². The van der Waals surface area contributed by atoms with Gasteiger partial charge in [-0.2, -0.15) is 6.42 Å². The molecule has 0 aliphatic carbocycles. The molecule has 0 unspecified atom stereocenters. The summed E-state index contributed by atoms with van der Waals surface area (Å²) in [7, 11) is 0. The van der Waals surface area contributed by atoms with Gasteiger partial charge < -0.3 is 6.92 Å². The van der Waals surface area contributed by atoms with Gasteiger partial charge in [0.05, 0.1) is 0 Å². The summed E-state index contributed by atoms with van der Waals surface area (Å²) in [4.78, 5) is 0. The molecule has 0 aliphatic rings. The molecule has 5 heavy (non-hydrogen) atoms. The maximum absolute atomic E-state index is 3.60. The zero-order valence-corrected chi connectivity index (χ0v) is 4.36. The molecule has 1 heteroatoms. The van der Waals surface area contributed by atoms with Crippen molar-refractivity contribution in [1.29, 1.82) is 0 Å². The minimum absolute atomic E-state index is 0. The van der Waals surface area contributed by atoms with E-state index in [1.165, 1.54) is 6.42 Å². The predicted octanol–water partition coefficient (Wildman–Crippen LogP) is 1.62. The van der Waals surface area contributed by atoms with E-state index in [0.717, 1.165) is 6.42 Å². The second-order valence-electron chi connectivity index (χ2n) is 0.854. The SMILES string of the molecule is [CH2-]CCC.[Cu+]. The first-order chi connectivity index (χ1) is 1.91. The maximum Gasteiger partial charge on any atom is 1.00 e. The van der Waals surface area contributed by atoms with Crippen molar-refractivity contribution in [3.05, 3.63) is 6.92 Å². The van der Waals surface area contributed by atoms with Gasteiger partial charge in [0.2, 0.25) is 0 Å². The largest absolute Gasteiger partial charge is 1.00 e. The zero-order valence-electron chi connectivity index (χ0n) is 3.42. The molecule has 0 saturated carbocycles. The Hall–Kier alpha value is 0.519. The van der Waals surface area contributed by atoms with Crippen molar-refractivity contribution in [2.45, 2.75) is 19.8 Å². The molecule has 0 bridgehead atoms. The minimum Gasteiger partial charge on any atom is -0.343 e. The second-order valence-corrected chi connectivity index (χ2v) is 0.854. The van der Waals surface area contributed by atoms with Crippen LogP contribution in [0.5, 0.6) is 0 Å². The summed E-state index contributed by atoms with van der Waals surface area (Å²) >= 11 is 0. The van der Waals surface area contributed by atoms with Gasteiger partial charge in [0.15, 0.2) is 0 Å². The van der Waals surface area contributed by atoms with Crippen LogP contribution in [0.2, 0.25) is 0 Å². The second kappa shape index (κ2) is 8.82. The van der Waals surface area contributed by atoms with E-state index in [1.807, 2.05) is 0 Å². The van der Waals surface area contributed by atoms with Crippen molar-refractivity contribution in [1.82, 2.24) is 0 Å². The first-order valence-corrected chi connectivity index (χ1v) is 1.71. The summed E-state index contributed by atoms with van der Waals surface area (Å²) < 4.78 is 0. The Labute approximate surface area is 44.4 Å². The Bertz CT molecular complexity index is 5.61. The Kier molecular flexibility index (Phi) is 16.1. The van der Waals surface area contributed by atoms with Crippen LogP contribution in [0.1, 0.15) is 19.8 Å². The van der Waals surface area contributed by atoms with Crippen LogP contribution in [0, 0.1) is 6.92 Å². The monoisotopic (exact) mass is 120 g/mol. The molecule has 0 heterocycles. The molecule has 0 rings (SSSR count). The van der Waals surface area contributed by atoms with Crippen molar-refractivity contribution in [3.63, 3.8) is 0 Å². The molecule has 36 valence electrons. The van der Waals surface area contributed by atoms with E-state index in [-0.39, 0.29) is 17.1 Å². The third-order valence-corrected chi connectivity index (χ3v) is 0.354. The molecule has 0 amide bonds. The molecule has 0 spiro atoms. The quantitative estimate of drug-likeness (QED) is 0.365. The van der Waals surface area contributed by atoms with Gasteiger partial charge in [0.25, 0.3) is 0 Å². The van der Waals surface area contributed by atoms with Crippen molar-refractivity contribution in [2.75, 3.05) is 0 Å². The van der Waals surface area contributed by atoms with Gasteiger partial charge >= 0.3 is 17.1 Å². The van der Waals surface area contributed by atoms with Crippen molar-refractivity contribution in [2.24, 2.45) is 0 Å². The fourth-order valence-electron chi connectivity index (χ4n) is 0. The smallest absolute Gasteiger partial charge is 0.343 e. The van der Waals surface area contributed by atoms with Gasteiger partial charge in [-0.3, -0.25) is 0 Å². The van der Waals surface area contributed by atoms with Crippen LogP contribution in [0.25, 0.3) is 0 Å². The van der Waals surface area contributed by atoms with Crippen LogP contribution in [0.15, 0.2) is 0 Å². The standard InChI is InChI=1S/C4H9.Cu/c1-3-4-2;/h1,3-4H2,2H3;/q-1;+1. The molecule has 0 N–H and O–H groups in total. The predicted molar refractivity (Wildman–Crippen MR) is 20.3 cm³/mol. The molecular formula is C4H9Cu. The summed E-state index contributed by atoms with van der Waals surface area (Å²) in [5, 5.41) is 0. The van der Waals surface area contributed by atoms with Crippen LogP contribution in [0.4, 0.5) is 0 Å². The minimum atomic E-state index is 0. The van der Waals surface area contributed by atoms with Gasteiger partial charge in [-0.15, -0.1) is 0 Å². The molecule has 0 atom stereocenters. The molecule has 0 fully saturated rings. The van der Waals surface area contributed by atoms with E-state index in [4.69, 9.17) is 0 Å². The topological polar surface area (TPSA) is 0 Å². The summed E-state index contributed by atoms with van der Waals surface area (Å²) in [5.74, 6) is 0. The van der Waals surface area contributed by atoms with E-state index >= 15 is 0 Å². The van der Waals surface area contributed by atoms with Crippen molar-refractivity contribution < 1.29 is 17.1 Å². The molecule has 0 saturated heterocycles. The van der Waals surface area contributed by atoms with Crippen molar-refractivity contribution in [3.8, 4) is 0 Å². The third-order valence-electron chi connectivity index (χ3n) is 0.354. The zero-order chi connectivity index (χ0) is 3.41. The molecule has 0 nitrogen and oxygen atoms in total. The molecular weight excluding hydrogens is 112 g/mol. The van der Waals surface area contributed by atoms with Crippen LogP contribution in [-0.2, 0) is 17.1 Å². The Morgan fingerprint density at radius 3 is 1.80 bits per heavy atom. The summed E-state index contributed by atoms with van der Waals surface area (Å²) in [5.41, 5.74) is 0. The summed E-state index contributed by atoms with van der Waals surface area (Å²) in [6.45, 7) is 5.72. The number of hydrogen-bond acceptors (Lipinski definition) is 0. The average Bonchev–Trinajstić information content (AvgIpc) is 1.37. The number of rotatable bonds is 1. The van der Waals surface area contributed by atoms with E-state index < -0.39 is 0 Å². The Morgan fingerprint density at radius 1 is 1.60 bits per heavy atom. The molecule has 0 aromatic heterocycles. The van der Waals surface area contributed by atoms with Crippen molar-refractivity contribution >= 4 is 0 Å². The molecule has 0 radical (unpaired) electrons. The van der Waals surface area contributed by atoms with Gasteiger partial charge in [-0.25, -0.2) is 0 Å². The summed E-state index contributed by atoms with van der Waals surface area (Å²) in [6, 6.07) is 0. The fraction of sp³-hybridized carbons (Fsp3) is 0.750. The number of unbranched alkanes of at least 4 members (excludes halogenated alkanes) is 1. The first-order valence-electron chi connectivity index (χ1n) is 1.71. The Balaban J connectivity index is 0. The molecule has 0 aromatic rings. The van der Waals surface area contributed by atoms with E-state index in [1.54, 1.807) is 0 Å². The van der Waals surface area contributed by atoms with E-state index in [0.29, 0.717) is 0 Å². The summed E-state index contributed by atoms with van der Waals surface area (Å²) in [6.07, 6.45) is 2.28. The fourth-order valence-corrected chi connectivity index (χ4v) is 0. The van der Waals surface area contributed by atoms with Crippen LogP contribution in [-0.4, -0.2) is 0 Å². The molecule has 0 aliphatic heterocycles. The van der Waals surface area contributed by atoms with Gasteiger partial charge in [-0.05, 0) is 0 Å². The van der Waals surface area contributed by atoms with Gasteiger partial charge in [0, 0.05) is 0 Å². The van der Waals surface area contributed by atoms with E-state index in [2.05, 4.69) is 13.8 Å². The Morgan fingerprint density at radius 2 is 1.80 bits per heavy atom. The van der Waals surface area contributed by atoms with Crippen LogP contribution >= 0.6 is 0 Å². The third kappa shape index (κ3) is 12.4. The van der Waals surface area contributed by atoms with Crippen LogP contribution < -0.4 is 0 Å². The normalized spacial score (nSPS) is 6.00. The van der Waals surface area contributed by atoms with E-state index in [9.17, 15) is 0 Å².